The van der Waals surface area contributed by atoms with Gasteiger partial charge in [-0.15, -0.1) is 0 Å². The lowest BCUT2D eigenvalue weighted by molar-refractivity contribution is 0.145. The molecule has 1 aliphatic heterocycles. The van der Waals surface area contributed by atoms with Gasteiger partial charge in [0.25, 0.3) is 0 Å². The van der Waals surface area contributed by atoms with E-state index < -0.39 is 0 Å². The molecule has 0 saturated carbocycles. The highest BCUT2D eigenvalue weighted by Gasteiger charge is 2.24. The Kier molecular flexibility index (Phi) is 6.19. The molecular weight excluding hydrogens is 263 g/mol. The van der Waals surface area contributed by atoms with E-state index in [1.807, 2.05) is 12.1 Å². The molecule has 1 unspecified atom stereocenters. The van der Waals surface area contributed by atoms with Crippen LogP contribution in [0.1, 0.15) is 45.2 Å². The molecule has 1 aliphatic rings. The van der Waals surface area contributed by atoms with Crippen molar-refractivity contribution < 1.29 is 4.39 Å². The zero-order valence-electron chi connectivity index (χ0n) is 13.6. The summed E-state index contributed by atoms with van der Waals surface area (Å²) in [4.78, 5) is 2.48. The Morgan fingerprint density at radius 3 is 2.48 bits per heavy atom. The zero-order chi connectivity index (χ0) is 15.2. The van der Waals surface area contributed by atoms with Gasteiger partial charge >= 0.3 is 0 Å². The first kappa shape index (κ1) is 16.4. The molecule has 0 aromatic heterocycles. The molecule has 1 N–H and O–H groups in total. The second-order valence-electron chi connectivity index (χ2n) is 6.51. The second-order valence-corrected chi connectivity index (χ2v) is 6.51. The monoisotopic (exact) mass is 292 g/mol. The van der Waals surface area contributed by atoms with Crippen molar-refractivity contribution in [2.45, 2.75) is 39.7 Å². The highest BCUT2D eigenvalue weighted by Crippen LogP contribution is 2.26. The van der Waals surface area contributed by atoms with E-state index >= 15 is 0 Å². The molecule has 1 atom stereocenters. The smallest absolute Gasteiger partial charge is 0.128 e. The van der Waals surface area contributed by atoms with Crippen LogP contribution < -0.4 is 5.32 Å². The first-order valence-electron chi connectivity index (χ1n) is 8.32. The SMILES string of the molecule is CCNC(CN1CCC(C(C)C)CC1)c1ccccc1F. The average Bonchev–Trinajstić information content (AvgIpc) is 2.48. The Hall–Kier alpha value is -0.930. The molecule has 1 aromatic rings. The van der Waals surface area contributed by atoms with E-state index in [9.17, 15) is 4.39 Å². The maximum absolute atomic E-state index is 14.0. The third kappa shape index (κ3) is 4.52. The van der Waals surface area contributed by atoms with Gasteiger partial charge in [-0.3, -0.25) is 0 Å². The number of rotatable bonds is 6. The number of benzene rings is 1. The summed E-state index contributed by atoms with van der Waals surface area (Å²) in [5.41, 5.74) is 0.797. The van der Waals surface area contributed by atoms with Crippen LogP contribution in [0.4, 0.5) is 4.39 Å². The number of nitrogens with one attached hydrogen (secondary N) is 1. The Balaban J connectivity index is 1.97. The van der Waals surface area contributed by atoms with Crippen molar-refractivity contribution in [3.05, 3.63) is 35.6 Å². The van der Waals surface area contributed by atoms with Crippen molar-refractivity contribution in [2.75, 3.05) is 26.2 Å². The molecule has 0 spiro atoms. The van der Waals surface area contributed by atoms with E-state index in [4.69, 9.17) is 0 Å². The van der Waals surface area contributed by atoms with Gasteiger partial charge in [0.2, 0.25) is 0 Å². The summed E-state index contributed by atoms with van der Waals surface area (Å²) in [7, 11) is 0. The van der Waals surface area contributed by atoms with Gasteiger partial charge < -0.3 is 10.2 Å². The van der Waals surface area contributed by atoms with Gasteiger partial charge in [0, 0.05) is 18.2 Å². The van der Waals surface area contributed by atoms with Crippen molar-refractivity contribution in [3.8, 4) is 0 Å². The molecule has 1 heterocycles. The summed E-state index contributed by atoms with van der Waals surface area (Å²) in [6.45, 7) is 10.8. The quantitative estimate of drug-likeness (QED) is 0.857. The van der Waals surface area contributed by atoms with E-state index in [0.717, 1.165) is 43.6 Å². The van der Waals surface area contributed by atoms with Gasteiger partial charge in [-0.25, -0.2) is 4.39 Å². The van der Waals surface area contributed by atoms with Gasteiger partial charge in [0.05, 0.1) is 0 Å². The maximum atomic E-state index is 14.0. The molecule has 1 fully saturated rings. The summed E-state index contributed by atoms with van der Waals surface area (Å²) in [6, 6.07) is 7.24. The van der Waals surface area contributed by atoms with Gasteiger partial charge in [0.15, 0.2) is 0 Å². The van der Waals surface area contributed by atoms with Crippen molar-refractivity contribution in [2.24, 2.45) is 11.8 Å². The van der Waals surface area contributed by atoms with E-state index in [2.05, 4.69) is 31.0 Å². The van der Waals surface area contributed by atoms with Crippen LogP contribution in [0.25, 0.3) is 0 Å². The molecule has 1 saturated heterocycles. The largest absolute Gasteiger partial charge is 0.309 e. The summed E-state index contributed by atoms with van der Waals surface area (Å²) >= 11 is 0. The highest BCUT2D eigenvalue weighted by atomic mass is 19.1. The predicted octanol–water partition coefficient (Wildman–Crippen LogP) is 3.84. The van der Waals surface area contributed by atoms with Crippen LogP contribution in [0.15, 0.2) is 24.3 Å². The lowest BCUT2D eigenvalue weighted by Gasteiger charge is -2.36. The second kappa shape index (κ2) is 7.90. The van der Waals surface area contributed by atoms with Crippen molar-refractivity contribution in [1.82, 2.24) is 10.2 Å². The molecular formula is C18H29FN2. The van der Waals surface area contributed by atoms with Gasteiger partial charge in [-0.2, -0.15) is 0 Å². The molecule has 118 valence electrons. The molecule has 1 aromatic carbocycles. The molecule has 0 aliphatic carbocycles. The number of halogens is 1. The zero-order valence-corrected chi connectivity index (χ0v) is 13.6. The number of piperidine rings is 1. The van der Waals surface area contributed by atoms with E-state index in [-0.39, 0.29) is 11.9 Å². The lowest BCUT2D eigenvalue weighted by atomic mass is 9.86. The van der Waals surface area contributed by atoms with Crippen LogP contribution >= 0.6 is 0 Å². The third-order valence-electron chi connectivity index (χ3n) is 4.75. The van der Waals surface area contributed by atoms with E-state index in [0.29, 0.717) is 0 Å². The first-order valence-corrected chi connectivity index (χ1v) is 8.32. The minimum atomic E-state index is -0.0967. The van der Waals surface area contributed by atoms with Crippen LogP contribution in [0.3, 0.4) is 0 Å². The first-order chi connectivity index (χ1) is 10.1. The van der Waals surface area contributed by atoms with Crippen LogP contribution in [-0.2, 0) is 0 Å². The van der Waals surface area contributed by atoms with Crippen molar-refractivity contribution in [3.63, 3.8) is 0 Å². The third-order valence-corrected chi connectivity index (χ3v) is 4.75. The van der Waals surface area contributed by atoms with E-state index in [1.165, 1.54) is 12.8 Å². The topological polar surface area (TPSA) is 15.3 Å². The summed E-state index contributed by atoms with van der Waals surface area (Å²) < 4.78 is 14.0. The van der Waals surface area contributed by atoms with Gasteiger partial charge in [-0.1, -0.05) is 39.0 Å². The summed E-state index contributed by atoms with van der Waals surface area (Å²) in [5.74, 6) is 1.54. The molecule has 0 radical (unpaired) electrons. The molecule has 0 bridgehead atoms. The van der Waals surface area contributed by atoms with Crippen LogP contribution in [-0.4, -0.2) is 31.1 Å². The fourth-order valence-corrected chi connectivity index (χ4v) is 3.34. The van der Waals surface area contributed by atoms with Crippen molar-refractivity contribution in [1.29, 1.82) is 0 Å². The molecule has 0 amide bonds. The number of likely N-dealkylation sites (tertiary alicyclic amines) is 1. The fourth-order valence-electron chi connectivity index (χ4n) is 3.34. The molecule has 21 heavy (non-hydrogen) atoms. The summed E-state index contributed by atoms with van der Waals surface area (Å²) in [6.07, 6.45) is 2.54. The molecule has 2 rings (SSSR count). The highest BCUT2D eigenvalue weighted by molar-refractivity contribution is 5.21. The van der Waals surface area contributed by atoms with Crippen LogP contribution in [0.5, 0.6) is 0 Å². The van der Waals surface area contributed by atoms with Crippen molar-refractivity contribution >= 4 is 0 Å². The lowest BCUT2D eigenvalue weighted by Crippen LogP contribution is -2.41. The predicted molar refractivity (Wildman–Crippen MR) is 86.8 cm³/mol. The van der Waals surface area contributed by atoms with Gasteiger partial charge in [-0.05, 0) is 50.4 Å². The van der Waals surface area contributed by atoms with Gasteiger partial charge in [0.1, 0.15) is 5.82 Å². The number of nitrogens with zero attached hydrogens (tertiary/aromatic N) is 1. The molecule has 3 heteroatoms. The van der Waals surface area contributed by atoms with E-state index in [1.54, 1.807) is 12.1 Å². The standard InChI is InChI=1S/C18H29FN2/c1-4-20-18(16-7-5-6-8-17(16)19)13-21-11-9-15(10-12-21)14(2)3/h5-8,14-15,18,20H,4,9-13H2,1-3H3. The Labute approximate surface area is 128 Å². The summed E-state index contributed by atoms with van der Waals surface area (Å²) in [5, 5.41) is 3.44. The Bertz CT molecular complexity index is 425. The van der Waals surface area contributed by atoms with Crippen LogP contribution in [0, 0.1) is 17.7 Å². The Morgan fingerprint density at radius 1 is 1.24 bits per heavy atom. The average molecular weight is 292 g/mol. The normalized spacial score (nSPS) is 19.1. The minimum Gasteiger partial charge on any atom is -0.309 e. The number of hydrogen-bond donors (Lipinski definition) is 1. The fraction of sp³-hybridized carbons (Fsp3) is 0.667. The minimum absolute atomic E-state index is 0.0896. The Morgan fingerprint density at radius 2 is 1.90 bits per heavy atom. The maximum Gasteiger partial charge on any atom is 0.128 e. The molecule has 2 nitrogen and oxygen atoms in total. The van der Waals surface area contributed by atoms with Crippen LogP contribution in [0.2, 0.25) is 0 Å². The number of likely N-dealkylation sites (N-methyl/N-ethyl adjacent to an activating group) is 1. The number of hydrogen-bond acceptors (Lipinski definition) is 2.